The van der Waals surface area contributed by atoms with Gasteiger partial charge in [-0.05, 0) is 31.2 Å². The smallest absolute Gasteiger partial charge is 0.341 e. The topological polar surface area (TPSA) is 47.6 Å². The molecule has 1 heterocycles. The molecule has 1 aromatic rings. The molecule has 1 aromatic carbocycles. The molecule has 1 aliphatic heterocycles. The van der Waals surface area contributed by atoms with Crippen LogP contribution >= 0.6 is 0 Å². The highest BCUT2D eigenvalue weighted by Gasteiger charge is 2.18. The van der Waals surface area contributed by atoms with E-state index in [1.54, 1.807) is 0 Å². The summed E-state index contributed by atoms with van der Waals surface area (Å²) >= 11 is 0. The summed E-state index contributed by atoms with van der Waals surface area (Å²) < 4.78 is 23.3. The minimum atomic E-state index is -0.589. The van der Waals surface area contributed by atoms with Crippen molar-refractivity contribution in [1.82, 2.24) is 5.32 Å². The van der Waals surface area contributed by atoms with Crippen LogP contribution in [-0.2, 0) is 4.74 Å². The molecule has 18 heavy (non-hydrogen) atoms. The molecule has 1 aliphatic rings. The molecule has 0 aromatic heterocycles. The maximum atomic E-state index is 13.1. The van der Waals surface area contributed by atoms with Crippen molar-refractivity contribution < 1.29 is 18.7 Å². The lowest BCUT2D eigenvalue weighted by Gasteiger charge is -2.13. The third-order valence-corrected chi connectivity index (χ3v) is 2.98. The number of hydrogen-bond acceptors (Lipinski definition) is 4. The van der Waals surface area contributed by atoms with E-state index in [0.717, 1.165) is 25.6 Å². The van der Waals surface area contributed by atoms with Gasteiger partial charge >= 0.3 is 5.97 Å². The molecular formula is C13H16FNO3. The summed E-state index contributed by atoms with van der Waals surface area (Å²) in [5.74, 6) is -0.268. The summed E-state index contributed by atoms with van der Waals surface area (Å²) in [6.45, 7) is 2.42. The van der Waals surface area contributed by atoms with Crippen molar-refractivity contribution in [3.63, 3.8) is 0 Å². The Morgan fingerprint density at radius 2 is 2.39 bits per heavy atom. The van der Waals surface area contributed by atoms with Crippen LogP contribution in [-0.4, -0.2) is 32.8 Å². The molecular weight excluding hydrogens is 237 g/mol. The SMILES string of the molecule is COC(=O)c1cc(F)ccc1OCC1CCNC1. The zero-order valence-electron chi connectivity index (χ0n) is 10.2. The zero-order chi connectivity index (χ0) is 13.0. The van der Waals surface area contributed by atoms with Crippen molar-refractivity contribution in [1.29, 1.82) is 0 Å². The number of rotatable bonds is 4. The maximum absolute atomic E-state index is 13.1. The summed E-state index contributed by atoms with van der Waals surface area (Å²) in [4.78, 5) is 11.5. The van der Waals surface area contributed by atoms with Crippen molar-refractivity contribution in [3.8, 4) is 5.75 Å². The molecule has 0 amide bonds. The maximum Gasteiger partial charge on any atom is 0.341 e. The van der Waals surface area contributed by atoms with E-state index in [2.05, 4.69) is 10.1 Å². The Hall–Kier alpha value is -1.62. The van der Waals surface area contributed by atoms with E-state index in [0.29, 0.717) is 18.3 Å². The lowest BCUT2D eigenvalue weighted by atomic mass is 10.1. The Morgan fingerprint density at radius 3 is 3.06 bits per heavy atom. The van der Waals surface area contributed by atoms with Crippen molar-refractivity contribution in [2.45, 2.75) is 6.42 Å². The van der Waals surface area contributed by atoms with E-state index in [-0.39, 0.29) is 5.56 Å². The standard InChI is InChI=1S/C13H16FNO3/c1-17-13(16)11-6-10(14)2-3-12(11)18-8-9-4-5-15-7-9/h2-3,6,9,15H,4-5,7-8H2,1H3. The highest BCUT2D eigenvalue weighted by atomic mass is 19.1. The van der Waals surface area contributed by atoms with Crippen LogP contribution in [0.3, 0.4) is 0 Å². The number of carbonyl (C=O) groups is 1. The number of halogens is 1. The molecule has 0 bridgehead atoms. The lowest BCUT2D eigenvalue weighted by Crippen LogP contribution is -2.16. The quantitative estimate of drug-likeness (QED) is 0.828. The molecule has 1 saturated heterocycles. The fourth-order valence-corrected chi connectivity index (χ4v) is 1.96. The van der Waals surface area contributed by atoms with Gasteiger partial charge in [-0.2, -0.15) is 0 Å². The average molecular weight is 253 g/mol. The van der Waals surface area contributed by atoms with E-state index in [1.165, 1.54) is 19.2 Å². The minimum Gasteiger partial charge on any atom is -0.492 e. The Labute approximate surface area is 105 Å². The fourth-order valence-electron chi connectivity index (χ4n) is 1.96. The van der Waals surface area contributed by atoms with Crippen LogP contribution in [0.25, 0.3) is 0 Å². The molecule has 0 radical (unpaired) electrons. The summed E-state index contributed by atoms with van der Waals surface area (Å²) in [5, 5.41) is 3.23. The Balaban J connectivity index is 2.08. The largest absolute Gasteiger partial charge is 0.492 e. The van der Waals surface area contributed by atoms with Crippen LogP contribution in [0.2, 0.25) is 0 Å². The molecule has 98 valence electrons. The number of benzene rings is 1. The number of hydrogen-bond donors (Lipinski definition) is 1. The van der Waals surface area contributed by atoms with Crippen LogP contribution < -0.4 is 10.1 Å². The van der Waals surface area contributed by atoms with E-state index in [9.17, 15) is 9.18 Å². The summed E-state index contributed by atoms with van der Waals surface area (Å²) in [6.07, 6.45) is 1.05. The predicted octanol–water partition coefficient (Wildman–Crippen LogP) is 1.60. The van der Waals surface area contributed by atoms with Crippen molar-refractivity contribution in [2.24, 2.45) is 5.92 Å². The normalized spacial score (nSPS) is 18.7. The summed E-state index contributed by atoms with van der Waals surface area (Å²) in [7, 11) is 1.26. The van der Waals surface area contributed by atoms with Crippen LogP contribution in [0.4, 0.5) is 4.39 Å². The molecule has 0 aliphatic carbocycles. The second-order valence-corrected chi connectivity index (χ2v) is 4.30. The van der Waals surface area contributed by atoms with Gasteiger partial charge in [-0.15, -0.1) is 0 Å². The highest BCUT2D eigenvalue weighted by molar-refractivity contribution is 5.92. The van der Waals surface area contributed by atoms with Gasteiger partial charge in [0.25, 0.3) is 0 Å². The molecule has 1 atom stereocenters. The monoisotopic (exact) mass is 253 g/mol. The van der Waals surface area contributed by atoms with Crippen molar-refractivity contribution >= 4 is 5.97 Å². The van der Waals surface area contributed by atoms with Gasteiger partial charge in [0.05, 0.1) is 13.7 Å². The number of methoxy groups -OCH3 is 1. The van der Waals surface area contributed by atoms with E-state index >= 15 is 0 Å². The van der Waals surface area contributed by atoms with Crippen LogP contribution in [0.15, 0.2) is 18.2 Å². The van der Waals surface area contributed by atoms with Crippen LogP contribution in [0.5, 0.6) is 5.75 Å². The molecule has 0 saturated carbocycles. The summed E-state index contributed by atoms with van der Waals surface area (Å²) in [6, 6.07) is 3.87. The van der Waals surface area contributed by atoms with Gasteiger partial charge in [-0.1, -0.05) is 0 Å². The second-order valence-electron chi connectivity index (χ2n) is 4.30. The first-order chi connectivity index (χ1) is 8.70. The molecule has 2 rings (SSSR count). The van der Waals surface area contributed by atoms with Crippen molar-refractivity contribution in [3.05, 3.63) is 29.6 Å². The van der Waals surface area contributed by atoms with Gasteiger partial charge in [0.2, 0.25) is 0 Å². The minimum absolute atomic E-state index is 0.128. The molecule has 5 heteroatoms. The molecule has 1 N–H and O–H groups in total. The zero-order valence-corrected chi connectivity index (χ0v) is 10.2. The fraction of sp³-hybridized carbons (Fsp3) is 0.462. The number of ether oxygens (including phenoxy) is 2. The van der Waals surface area contributed by atoms with Gasteiger partial charge in [0.1, 0.15) is 17.1 Å². The van der Waals surface area contributed by atoms with Gasteiger partial charge in [0.15, 0.2) is 0 Å². The number of esters is 1. The third-order valence-electron chi connectivity index (χ3n) is 2.98. The van der Waals surface area contributed by atoms with E-state index < -0.39 is 11.8 Å². The van der Waals surface area contributed by atoms with Gasteiger partial charge in [-0.3, -0.25) is 0 Å². The highest BCUT2D eigenvalue weighted by Crippen LogP contribution is 2.22. The molecule has 0 spiro atoms. The first kappa shape index (κ1) is 12.8. The van der Waals surface area contributed by atoms with E-state index in [4.69, 9.17) is 4.74 Å². The molecule has 1 unspecified atom stereocenters. The average Bonchev–Trinajstić information content (AvgIpc) is 2.89. The second kappa shape index (κ2) is 5.82. The van der Waals surface area contributed by atoms with Crippen LogP contribution in [0, 0.1) is 11.7 Å². The Bertz CT molecular complexity index is 430. The number of nitrogens with one attached hydrogen (secondary N) is 1. The van der Waals surface area contributed by atoms with Crippen molar-refractivity contribution in [2.75, 3.05) is 26.8 Å². The molecule has 4 nitrogen and oxygen atoms in total. The third kappa shape index (κ3) is 2.98. The lowest BCUT2D eigenvalue weighted by molar-refractivity contribution is 0.0594. The van der Waals surface area contributed by atoms with Gasteiger partial charge in [-0.25, -0.2) is 9.18 Å². The first-order valence-corrected chi connectivity index (χ1v) is 5.92. The Morgan fingerprint density at radius 1 is 1.56 bits per heavy atom. The Kier molecular flexibility index (Phi) is 4.15. The van der Waals surface area contributed by atoms with Gasteiger partial charge < -0.3 is 14.8 Å². The van der Waals surface area contributed by atoms with Gasteiger partial charge in [0, 0.05) is 12.5 Å². The summed E-state index contributed by atoms with van der Waals surface area (Å²) in [5.41, 5.74) is 0.128. The first-order valence-electron chi connectivity index (χ1n) is 5.92. The molecule has 1 fully saturated rings. The van der Waals surface area contributed by atoms with Crippen LogP contribution in [0.1, 0.15) is 16.8 Å². The van der Waals surface area contributed by atoms with E-state index in [1.807, 2.05) is 0 Å². The predicted molar refractivity (Wildman–Crippen MR) is 64.2 cm³/mol. The number of carbonyl (C=O) groups excluding carboxylic acids is 1.